The lowest BCUT2D eigenvalue weighted by molar-refractivity contribution is 0.0995. The predicted octanol–water partition coefficient (Wildman–Crippen LogP) is 0.977. The summed E-state index contributed by atoms with van der Waals surface area (Å²) in [7, 11) is 0. The monoisotopic (exact) mass is 394 g/mol. The van der Waals surface area contributed by atoms with E-state index in [2.05, 4.69) is 35.9 Å². The lowest BCUT2D eigenvalue weighted by Crippen LogP contribution is -2.43. The van der Waals surface area contributed by atoms with E-state index in [0.717, 1.165) is 31.4 Å². The van der Waals surface area contributed by atoms with Crippen LogP contribution in [0.15, 0.2) is 36.9 Å². The van der Waals surface area contributed by atoms with E-state index in [9.17, 15) is 4.79 Å². The fourth-order valence-electron chi connectivity index (χ4n) is 3.32. The van der Waals surface area contributed by atoms with Gasteiger partial charge in [-0.2, -0.15) is 10.1 Å². The Hall–Kier alpha value is -3.60. The van der Waals surface area contributed by atoms with Gasteiger partial charge < -0.3 is 22.1 Å². The molecule has 4 rings (SSSR count). The zero-order valence-electron chi connectivity index (χ0n) is 15.7. The Morgan fingerprint density at radius 1 is 1.14 bits per heavy atom. The molecule has 0 radical (unpaired) electrons. The number of hydrogen-bond acceptors (Lipinski definition) is 9. The number of nitrogens with two attached hydrogens (primary N) is 2. The topological polar surface area (TPSA) is 163 Å². The summed E-state index contributed by atoms with van der Waals surface area (Å²) in [5, 5.41) is 18.3. The summed E-state index contributed by atoms with van der Waals surface area (Å²) in [5.74, 6) is -0.181. The second-order valence-corrected chi connectivity index (χ2v) is 6.91. The molecule has 6 N–H and O–H groups in total. The molecule has 2 atom stereocenters. The van der Waals surface area contributed by atoms with Crippen molar-refractivity contribution in [1.82, 2.24) is 29.9 Å². The predicted molar refractivity (Wildman–Crippen MR) is 107 cm³/mol. The number of rotatable bonds is 6. The van der Waals surface area contributed by atoms with E-state index >= 15 is 0 Å². The number of benzene rings is 1. The van der Waals surface area contributed by atoms with Gasteiger partial charge in [0.2, 0.25) is 5.95 Å². The summed E-state index contributed by atoms with van der Waals surface area (Å²) in [5.41, 5.74) is 13.1. The number of primary amides is 1. The van der Waals surface area contributed by atoms with Gasteiger partial charge in [0, 0.05) is 17.8 Å². The number of nitrogens with one attached hydrogen (secondary N) is 2. The number of hydrogen-bond donors (Lipinski definition) is 4. The van der Waals surface area contributed by atoms with Crippen molar-refractivity contribution in [2.24, 2.45) is 11.5 Å². The third kappa shape index (κ3) is 4.29. The van der Waals surface area contributed by atoms with Crippen LogP contribution in [-0.4, -0.2) is 47.9 Å². The summed E-state index contributed by atoms with van der Waals surface area (Å²) in [6.07, 6.45) is 7.18. The minimum absolute atomic E-state index is 0.0314. The first kappa shape index (κ1) is 18.7. The molecule has 2 aromatic heterocycles. The van der Waals surface area contributed by atoms with E-state index in [1.54, 1.807) is 11.0 Å². The highest BCUT2D eigenvalue weighted by Crippen LogP contribution is 2.22. The molecule has 1 fully saturated rings. The molecule has 1 aliphatic rings. The molecule has 0 unspecified atom stereocenters. The third-order valence-electron chi connectivity index (χ3n) is 4.87. The molecule has 3 aromatic rings. The van der Waals surface area contributed by atoms with Crippen LogP contribution in [0, 0.1) is 0 Å². The quantitative estimate of drug-likeness (QED) is 0.477. The molecule has 11 heteroatoms. The maximum atomic E-state index is 11.8. The molecule has 150 valence electrons. The van der Waals surface area contributed by atoms with Crippen molar-refractivity contribution < 1.29 is 4.79 Å². The summed E-state index contributed by atoms with van der Waals surface area (Å²) in [4.78, 5) is 20.1. The fraction of sp³-hybridized carbons (Fsp3) is 0.333. The number of carbonyl (C=O) groups excluding carboxylic acids is 1. The van der Waals surface area contributed by atoms with Gasteiger partial charge in [-0.05, 0) is 37.1 Å². The van der Waals surface area contributed by atoms with E-state index in [-0.39, 0.29) is 23.6 Å². The van der Waals surface area contributed by atoms with Gasteiger partial charge in [0.05, 0.1) is 5.69 Å². The van der Waals surface area contributed by atoms with E-state index < -0.39 is 5.91 Å². The summed E-state index contributed by atoms with van der Waals surface area (Å²) in [6, 6.07) is 7.47. The zero-order chi connectivity index (χ0) is 20.2. The Bertz CT molecular complexity index is 973. The van der Waals surface area contributed by atoms with Gasteiger partial charge in [0.15, 0.2) is 11.5 Å². The number of aromatic nitrogens is 6. The first-order valence-electron chi connectivity index (χ1n) is 9.39. The maximum absolute atomic E-state index is 11.8. The van der Waals surface area contributed by atoms with Gasteiger partial charge in [-0.25, -0.2) is 9.67 Å². The molecule has 0 aliphatic heterocycles. The Kier molecular flexibility index (Phi) is 5.29. The van der Waals surface area contributed by atoms with Gasteiger partial charge in [0.1, 0.15) is 12.7 Å². The third-order valence-corrected chi connectivity index (χ3v) is 4.87. The molecular weight excluding hydrogens is 372 g/mol. The van der Waals surface area contributed by atoms with Gasteiger partial charge in [-0.3, -0.25) is 4.79 Å². The largest absolute Gasteiger partial charge is 0.364 e. The van der Waals surface area contributed by atoms with Crippen LogP contribution >= 0.6 is 0 Å². The minimum Gasteiger partial charge on any atom is -0.364 e. The number of nitrogens with zero attached hydrogens (tertiary/aromatic N) is 6. The molecule has 1 saturated carbocycles. The molecule has 1 aromatic carbocycles. The molecule has 1 amide bonds. The Morgan fingerprint density at radius 3 is 2.62 bits per heavy atom. The standard InChI is InChI=1S/C18H22N10O/c19-13-3-1-2-4-14(13)24-18-25-17(15(16(20)29)26-27-18)23-11-5-7-12(8-6-11)28-10-21-9-22-28/h5-10,13-14H,1-4,19H2,(H2,20,29)(H2,23,24,25,27)/t13-,14+/m0/s1. The normalized spacial score (nSPS) is 18.9. The van der Waals surface area contributed by atoms with Gasteiger partial charge in [-0.15, -0.1) is 10.2 Å². The van der Waals surface area contributed by atoms with Crippen molar-refractivity contribution in [2.75, 3.05) is 10.6 Å². The Morgan fingerprint density at radius 2 is 1.93 bits per heavy atom. The molecule has 0 saturated heterocycles. The van der Waals surface area contributed by atoms with Crippen molar-refractivity contribution in [2.45, 2.75) is 37.8 Å². The van der Waals surface area contributed by atoms with Crippen LogP contribution in [0.25, 0.3) is 5.69 Å². The zero-order valence-corrected chi connectivity index (χ0v) is 15.7. The summed E-state index contributed by atoms with van der Waals surface area (Å²) < 4.78 is 1.64. The number of carbonyl (C=O) groups is 1. The maximum Gasteiger partial charge on any atom is 0.273 e. The Labute approximate surface area is 166 Å². The lowest BCUT2D eigenvalue weighted by Gasteiger charge is -2.29. The number of anilines is 3. The highest BCUT2D eigenvalue weighted by molar-refractivity contribution is 5.96. The Balaban J connectivity index is 1.55. The van der Waals surface area contributed by atoms with E-state index in [1.165, 1.54) is 6.33 Å². The molecule has 0 bridgehead atoms. The van der Waals surface area contributed by atoms with E-state index in [0.29, 0.717) is 11.6 Å². The van der Waals surface area contributed by atoms with Crippen LogP contribution in [0.4, 0.5) is 17.5 Å². The molecule has 29 heavy (non-hydrogen) atoms. The van der Waals surface area contributed by atoms with Crippen LogP contribution < -0.4 is 22.1 Å². The SMILES string of the molecule is NC(=O)c1nnc(N[C@@H]2CCCC[C@@H]2N)nc1Nc1ccc(-n2cncn2)cc1. The smallest absolute Gasteiger partial charge is 0.273 e. The molecule has 2 heterocycles. The summed E-state index contributed by atoms with van der Waals surface area (Å²) in [6.45, 7) is 0. The first-order chi connectivity index (χ1) is 14.1. The summed E-state index contributed by atoms with van der Waals surface area (Å²) >= 11 is 0. The average molecular weight is 394 g/mol. The van der Waals surface area contributed by atoms with Crippen molar-refractivity contribution in [3.05, 3.63) is 42.6 Å². The second-order valence-electron chi connectivity index (χ2n) is 6.91. The number of amides is 1. The van der Waals surface area contributed by atoms with Crippen molar-refractivity contribution in [1.29, 1.82) is 0 Å². The second kappa shape index (κ2) is 8.19. The van der Waals surface area contributed by atoms with Crippen LogP contribution in [-0.2, 0) is 0 Å². The first-order valence-corrected chi connectivity index (χ1v) is 9.39. The van der Waals surface area contributed by atoms with E-state index in [1.807, 2.05) is 24.3 Å². The van der Waals surface area contributed by atoms with Gasteiger partial charge in [0.25, 0.3) is 5.91 Å². The van der Waals surface area contributed by atoms with Gasteiger partial charge in [-0.1, -0.05) is 12.8 Å². The molecular formula is C18H22N10O. The minimum atomic E-state index is -0.715. The lowest BCUT2D eigenvalue weighted by atomic mass is 9.91. The highest BCUT2D eigenvalue weighted by atomic mass is 16.1. The van der Waals surface area contributed by atoms with Crippen LogP contribution in [0.1, 0.15) is 36.2 Å². The van der Waals surface area contributed by atoms with Crippen molar-refractivity contribution in [3.63, 3.8) is 0 Å². The van der Waals surface area contributed by atoms with Crippen molar-refractivity contribution >= 4 is 23.4 Å². The molecule has 11 nitrogen and oxygen atoms in total. The van der Waals surface area contributed by atoms with Gasteiger partial charge >= 0.3 is 0 Å². The molecule has 1 aliphatic carbocycles. The fourth-order valence-corrected chi connectivity index (χ4v) is 3.32. The highest BCUT2D eigenvalue weighted by Gasteiger charge is 2.23. The average Bonchev–Trinajstić information content (AvgIpc) is 3.25. The van der Waals surface area contributed by atoms with Crippen LogP contribution in [0.3, 0.4) is 0 Å². The van der Waals surface area contributed by atoms with Crippen molar-refractivity contribution in [3.8, 4) is 5.69 Å². The van der Waals surface area contributed by atoms with Crippen LogP contribution in [0.5, 0.6) is 0 Å². The molecule has 0 spiro atoms. The van der Waals surface area contributed by atoms with E-state index in [4.69, 9.17) is 11.5 Å². The van der Waals surface area contributed by atoms with Crippen LogP contribution in [0.2, 0.25) is 0 Å².